The van der Waals surface area contributed by atoms with E-state index in [4.69, 9.17) is 4.74 Å². The zero-order valence-corrected chi connectivity index (χ0v) is 47.8. The van der Waals surface area contributed by atoms with Crippen molar-refractivity contribution < 1.29 is 24.5 Å². The smallest absolute Gasteiger partial charge is 0.305 e. The molecule has 0 aromatic carbocycles. The lowest BCUT2D eigenvalue weighted by atomic mass is 10.0. The van der Waals surface area contributed by atoms with Crippen LogP contribution in [0.2, 0.25) is 0 Å². The van der Waals surface area contributed by atoms with E-state index in [0.29, 0.717) is 25.9 Å². The molecule has 0 spiro atoms. The van der Waals surface area contributed by atoms with Gasteiger partial charge in [-0.2, -0.15) is 0 Å². The summed E-state index contributed by atoms with van der Waals surface area (Å²) in [5.41, 5.74) is 0. The molecule has 0 fully saturated rings. The van der Waals surface area contributed by atoms with Gasteiger partial charge in [0.15, 0.2) is 0 Å². The fraction of sp³-hybridized carbons (Fsp3) is 0.969. The fourth-order valence-corrected chi connectivity index (χ4v) is 10.5. The molecule has 2 atom stereocenters. The van der Waals surface area contributed by atoms with Gasteiger partial charge in [-0.15, -0.1) is 0 Å². The number of unbranched alkanes of at least 4 members (excludes halogenated alkanes) is 50. The minimum atomic E-state index is -0.668. The number of carbonyl (C=O) groups is 2. The summed E-state index contributed by atoms with van der Waals surface area (Å²) < 4.78 is 5.50. The number of hydrogen-bond donors (Lipinski definition) is 3. The molecule has 0 heterocycles. The maximum absolute atomic E-state index is 12.5. The van der Waals surface area contributed by atoms with Crippen LogP contribution in [0.25, 0.3) is 0 Å². The molecule has 0 bridgehead atoms. The van der Waals surface area contributed by atoms with Gasteiger partial charge >= 0.3 is 5.97 Å². The van der Waals surface area contributed by atoms with Crippen LogP contribution in [0.1, 0.15) is 373 Å². The van der Waals surface area contributed by atoms with Crippen LogP contribution < -0.4 is 5.32 Å². The Balaban J connectivity index is 3.39. The Hall–Kier alpha value is -1.14. The van der Waals surface area contributed by atoms with Crippen molar-refractivity contribution >= 4 is 11.9 Å². The highest BCUT2D eigenvalue weighted by Gasteiger charge is 2.20. The summed E-state index contributed by atoms with van der Waals surface area (Å²) in [7, 11) is 0. The Morgan fingerprint density at radius 1 is 0.343 bits per heavy atom. The van der Waals surface area contributed by atoms with Crippen molar-refractivity contribution in [2.24, 2.45) is 0 Å². The SMILES string of the molecule is CCCCCCCCCCCCCCCCCCCCCCC(O)C(CO)NC(=O)CCCCCCCCCCCCCCCCCCOC(=O)CCCCCCCCCCCCCCCCCCC. The van der Waals surface area contributed by atoms with Crippen LogP contribution in [0.15, 0.2) is 0 Å². The van der Waals surface area contributed by atoms with E-state index in [1.807, 2.05) is 0 Å². The topological polar surface area (TPSA) is 95.9 Å². The van der Waals surface area contributed by atoms with Crippen LogP contribution in [0.3, 0.4) is 0 Å². The number of nitrogens with one attached hydrogen (secondary N) is 1. The highest BCUT2D eigenvalue weighted by Crippen LogP contribution is 2.19. The van der Waals surface area contributed by atoms with Crippen LogP contribution >= 0.6 is 0 Å². The van der Waals surface area contributed by atoms with Crippen molar-refractivity contribution in [2.75, 3.05) is 13.2 Å². The second kappa shape index (κ2) is 60.4. The fourth-order valence-electron chi connectivity index (χ4n) is 10.5. The molecule has 6 heteroatoms. The van der Waals surface area contributed by atoms with E-state index in [9.17, 15) is 19.8 Å². The van der Waals surface area contributed by atoms with Gasteiger partial charge in [0, 0.05) is 12.8 Å². The Labute approximate surface area is 438 Å². The van der Waals surface area contributed by atoms with E-state index in [2.05, 4.69) is 19.2 Å². The van der Waals surface area contributed by atoms with Gasteiger partial charge in [0.05, 0.1) is 25.4 Å². The number of esters is 1. The highest BCUT2D eigenvalue weighted by atomic mass is 16.5. The monoisotopic (exact) mass is 990 g/mol. The summed E-state index contributed by atoms with van der Waals surface area (Å²) in [4.78, 5) is 24.6. The molecule has 0 aliphatic carbocycles. The van der Waals surface area contributed by atoms with Crippen LogP contribution in [0.4, 0.5) is 0 Å². The Morgan fingerprint density at radius 3 is 0.871 bits per heavy atom. The minimum Gasteiger partial charge on any atom is -0.466 e. The lowest BCUT2D eigenvalue weighted by molar-refractivity contribution is -0.143. The molecule has 418 valence electrons. The van der Waals surface area contributed by atoms with Crippen LogP contribution in [0.5, 0.6) is 0 Å². The first-order valence-electron chi connectivity index (χ1n) is 32.3. The molecular formula is C64H127NO5. The maximum atomic E-state index is 12.5. The number of ether oxygens (including phenoxy) is 1. The quantitative estimate of drug-likeness (QED) is 0.0417. The summed E-state index contributed by atoms with van der Waals surface area (Å²) >= 11 is 0. The number of amides is 1. The molecule has 0 saturated carbocycles. The predicted molar refractivity (Wildman–Crippen MR) is 306 cm³/mol. The second-order valence-electron chi connectivity index (χ2n) is 22.5. The molecule has 70 heavy (non-hydrogen) atoms. The van der Waals surface area contributed by atoms with Crippen molar-refractivity contribution in [3.63, 3.8) is 0 Å². The zero-order chi connectivity index (χ0) is 50.7. The summed E-state index contributed by atoms with van der Waals surface area (Å²) in [6.45, 7) is 4.98. The molecule has 0 aliphatic rings. The lowest BCUT2D eigenvalue weighted by Crippen LogP contribution is -2.45. The van der Waals surface area contributed by atoms with E-state index in [1.165, 1.54) is 302 Å². The zero-order valence-electron chi connectivity index (χ0n) is 47.8. The lowest BCUT2D eigenvalue weighted by Gasteiger charge is -2.22. The third-order valence-electron chi connectivity index (χ3n) is 15.4. The van der Waals surface area contributed by atoms with Crippen LogP contribution in [-0.4, -0.2) is 47.4 Å². The third-order valence-corrected chi connectivity index (χ3v) is 15.4. The van der Waals surface area contributed by atoms with E-state index >= 15 is 0 Å². The molecule has 0 rings (SSSR count). The predicted octanol–water partition coefficient (Wildman–Crippen LogP) is 20.3. The summed E-state index contributed by atoms with van der Waals surface area (Å²) in [6.07, 6.45) is 71.1. The Bertz CT molecular complexity index is 1010. The van der Waals surface area contributed by atoms with Crippen LogP contribution in [-0.2, 0) is 14.3 Å². The summed E-state index contributed by atoms with van der Waals surface area (Å²) in [5, 5.41) is 23.4. The number of aliphatic hydroxyl groups is 2. The van der Waals surface area contributed by atoms with Crippen molar-refractivity contribution in [1.82, 2.24) is 5.32 Å². The molecule has 0 saturated heterocycles. The average Bonchev–Trinajstić information content (AvgIpc) is 3.36. The number of aliphatic hydroxyl groups excluding tert-OH is 2. The molecule has 0 radical (unpaired) electrons. The van der Waals surface area contributed by atoms with Gasteiger partial charge in [-0.25, -0.2) is 0 Å². The Kier molecular flexibility index (Phi) is 59.4. The molecule has 2 unspecified atom stereocenters. The number of carbonyl (C=O) groups excluding carboxylic acids is 2. The molecule has 6 nitrogen and oxygen atoms in total. The van der Waals surface area contributed by atoms with Crippen molar-refractivity contribution in [1.29, 1.82) is 0 Å². The van der Waals surface area contributed by atoms with Gasteiger partial charge < -0.3 is 20.3 Å². The normalized spacial score (nSPS) is 12.5. The van der Waals surface area contributed by atoms with Crippen molar-refractivity contribution in [2.45, 2.75) is 386 Å². The van der Waals surface area contributed by atoms with Gasteiger partial charge in [-0.3, -0.25) is 9.59 Å². The van der Waals surface area contributed by atoms with Crippen molar-refractivity contribution in [3.05, 3.63) is 0 Å². The van der Waals surface area contributed by atoms with E-state index < -0.39 is 12.1 Å². The molecule has 3 N–H and O–H groups in total. The van der Waals surface area contributed by atoms with Crippen molar-refractivity contribution in [3.8, 4) is 0 Å². The first kappa shape index (κ1) is 68.9. The van der Waals surface area contributed by atoms with E-state index in [-0.39, 0.29) is 18.5 Å². The minimum absolute atomic E-state index is 0.00868. The van der Waals surface area contributed by atoms with Gasteiger partial charge in [-0.05, 0) is 25.7 Å². The molecule has 0 aliphatic heterocycles. The van der Waals surface area contributed by atoms with Crippen LogP contribution in [0, 0.1) is 0 Å². The first-order chi connectivity index (χ1) is 34.5. The van der Waals surface area contributed by atoms with E-state index in [1.54, 1.807) is 0 Å². The standard InChI is InChI=1S/C64H127NO5/c1-3-5-7-9-11-13-15-17-19-21-22-23-25-28-32-36-40-44-48-52-56-62(67)61(60-66)65-63(68)57-53-49-45-41-37-33-29-26-27-31-35-39-43-47-51-55-59-70-64(69)58-54-50-46-42-38-34-30-24-20-18-16-14-12-10-8-6-4-2/h61-62,66-67H,3-60H2,1-2H3,(H,65,68). The van der Waals surface area contributed by atoms with Gasteiger partial charge in [0.1, 0.15) is 0 Å². The summed E-state index contributed by atoms with van der Waals surface area (Å²) in [5.74, 6) is -0.0282. The second-order valence-corrected chi connectivity index (χ2v) is 22.5. The summed E-state index contributed by atoms with van der Waals surface area (Å²) in [6, 6.07) is -0.546. The van der Waals surface area contributed by atoms with Gasteiger partial charge in [0.25, 0.3) is 0 Å². The van der Waals surface area contributed by atoms with Gasteiger partial charge in [-0.1, -0.05) is 335 Å². The third kappa shape index (κ3) is 56.2. The molecule has 0 aromatic heterocycles. The highest BCUT2D eigenvalue weighted by molar-refractivity contribution is 5.76. The Morgan fingerprint density at radius 2 is 0.586 bits per heavy atom. The molecule has 1 amide bonds. The van der Waals surface area contributed by atoms with E-state index in [0.717, 1.165) is 38.5 Å². The molecule has 0 aromatic rings. The maximum Gasteiger partial charge on any atom is 0.305 e. The molecular weight excluding hydrogens is 863 g/mol. The average molecular weight is 991 g/mol. The number of rotatable bonds is 61. The van der Waals surface area contributed by atoms with Gasteiger partial charge in [0.2, 0.25) is 5.91 Å². The largest absolute Gasteiger partial charge is 0.466 e. The first-order valence-corrected chi connectivity index (χ1v) is 32.3. The number of hydrogen-bond acceptors (Lipinski definition) is 5.